The first kappa shape index (κ1) is 18.1. The lowest BCUT2D eigenvalue weighted by Gasteiger charge is -2.35. The van der Waals surface area contributed by atoms with Gasteiger partial charge in [0.15, 0.2) is 0 Å². The van der Waals surface area contributed by atoms with Crippen LogP contribution in [0, 0.1) is 5.82 Å². The van der Waals surface area contributed by atoms with Crippen LogP contribution in [0.4, 0.5) is 4.39 Å². The maximum absolute atomic E-state index is 14.1. The van der Waals surface area contributed by atoms with E-state index in [9.17, 15) is 9.18 Å². The first-order chi connectivity index (χ1) is 13.2. The van der Waals surface area contributed by atoms with Gasteiger partial charge in [0.05, 0.1) is 0 Å². The van der Waals surface area contributed by atoms with Crippen LogP contribution in [0.3, 0.4) is 0 Å². The van der Waals surface area contributed by atoms with Crippen molar-refractivity contribution in [1.82, 2.24) is 14.8 Å². The van der Waals surface area contributed by atoms with Crippen molar-refractivity contribution in [3.05, 3.63) is 65.7 Å². The van der Waals surface area contributed by atoms with Gasteiger partial charge in [0, 0.05) is 49.6 Å². The van der Waals surface area contributed by atoms with Crippen LogP contribution in [0.25, 0.3) is 0 Å². The van der Waals surface area contributed by atoms with Crippen LogP contribution >= 0.6 is 0 Å². The van der Waals surface area contributed by atoms with E-state index in [1.807, 2.05) is 35.4 Å². The lowest BCUT2D eigenvalue weighted by Crippen LogP contribution is -2.46. The maximum atomic E-state index is 14.1. The number of benzene rings is 1. The number of hydrogen-bond donors (Lipinski definition) is 0. The zero-order valence-corrected chi connectivity index (χ0v) is 15.6. The highest BCUT2D eigenvalue weighted by molar-refractivity contribution is 5.77. The highest BCUT2D eigenvalue weighted by Crippen LogP contribution is 2.39. The molecule has 2 saturated heterocycles. The Bertz CT molecular complexity index is 797. The van der Waals surface area contributed by atoms with Crippen LogP contribution in [-0.4, -0.2) is 45.9 Å². The minimum Gasteiger partial charge on any atom is -0.341 e. The zero-order chi connectivity index (χ0) is 18.7. The normalized spacial score (nSPS) is 22.6. The molecule has 0 N–H and O–H groups in total. The molecule has 3 heterocycles. The summed E-state index contributed by atoms with van der Waals surface area (Å²) < 4.78 is 14.1. The van der Waals surface area contributed by atoms with Gasteiger partial charge in [-0.25, -0.2) is 4.39 Å². The Balaban J connectivity index is 1.38. The van der Waals surface area contributed by atoms with Crippen molar-refractivity contribution in [2.45, 2.75) is 44.2 Å². The Kier molecular flexibility index (Phi) is 5.21. The summed E-state index contributed by atoms with van der Waals surface area (Å²) >= 11 is 0. The van der Waals surface area contributed by atoms with Crippen LogP contribution in [-0.2, 0) is 17.8 Å². The van der Waals surface area contributed by atoms with E-state index in [2.05, 4.69) is 9.88 Å². The molecule has 1 aromatic carbocycles. The van der Waals surface area contributed by atoms with Gasteiger partial charge < -0.3 is 4.90 Å². The molecule has 1 amide bonds. The summed E-state index contributed by atoms with van der Waals surface area (Å²) in [7, 11) is 0. The van der Waals surface area contributed by atoms with E-state index >= 15 is 0 Å². The molecule has 4 rings (SSSR count). The van der Waals surface area contributed by atoms with E-state index in [1.54, 1.807) is 12.3 Å². The Morgan fingerprint density at radius 3 is 2.85 bits per heavy atom. The molecule has 1 spiro atoms. The molecule has 2 aliphatic heterocycles. The molecular formula is C22H26FN3O. The molecule has 142 valence electrons. The first-order valence-electron chi connectivity index (χ1n) is 9.81. The molecule has 5 heteroatoms. The lowest BCUT2D eigenvalue weighted by molar-refractivity contribution is -0.130. The zero-order valence-electron chi connectivity index (χ0n) is 15.6. The van der Waals surface area contributed by atoms with Crippen LogP contribution in [0.2, 0.25) is 0 Å². The van der Waals surface area contributed by atoms with Gasteiger partial charge >= 0.3 is 0 Å². The average molecular weight is 367 g/mol. The van der Waals surface area contributed by atoms with Gasteiger partial charge in [-0.1, -0.05) is 24.3 Å². The number of aryl methyl sites for hydroxylation is 1. The number of rotatable bonds is 5. The molecule has 1 atom stereocenters. The summed E-state index contributed by atoms with van der Waals surface area (Å²) in [5, 5.41) is 0. The van der Waals surface area contributed by atoms with Crippen molar-refractivity contribution in [1.29, 1.82) is 0 Å². The molecule has 0 bridgehead atoms. The monoisotopic (exact) mass is 367 g/mol. The van der Waals surface area contributed by atoms with Crippen molar-refractivity contribution >= 4 is 5.91 Å². The number of carbonyl (C=O) groups is 1. The molecule has 1 unspecified atom stereocenters. The Morgan fingerprint density at radius 2 is 2.04 bits per heavy atom. The van der Waals surface area contributed by atoms with Crippen LogP contribution in [0.1, 0.15) is 36.8 Å². The number of nitrogens with zero attached hydrogens (tertiary/aromatic N) is 3. The summed E-state index contributed by atoms with van der Waals surface area (Å²) in [6.07, 6.45) is 8.02. The minimum atomic E-state index is -0.137. The molecule has 4 nitrogen and oxygen atoms in total. The molecule has 0 aliphatic carbocycles. The second kappa shape index (κ2) is 7.77. The van der Waals surface area contributed by atoms with Gasteiger partial charge in [-0.3, -0.25) is 14.7 Å². The number of aromatic nitrogens is 1. The molecule has 2 aliphatic rings. The molecule has 2 aromatic rings. The molecule has 1 aromatic heterocycles. The standard InChI is InChI=1S/C22H26FN3O/c23-20-7-2-1-6-19(20)16-26-13-4-10-22(26)11-14-25(17-22)21(27)9-8-18-5-3-12-24-15-18/h1-3,5-7,12,15H,4,8-11,13-14,16-17H2. The van der Waals surface area contributed by atoms with Gasteiger partial charge in [-0.2, -0.15) is 0 Å². The van der Waals surface area contributed by atoms with Gasteiger partial charge in [0.25, 0.3) is 0 Å². The summed E-state index contributed by atoms with van der Waals surface area (Å²) in [4.78, 5) is 21.2. The first-order valence-corrected chi connectivity index (χ1v) is 9.81. The largest absolute Gasteiger partial charge is 0.341 e. The molecule has 0 radical (unpaired) electrons. The molecule has 2 fully saturated rings. The quantitative estimate of drug-likeness (QED) is 0.812. The van der Waals surface area contributed by atoms with E-state index in [0.717, 1.165) is 56.4 Å². The van der Waals surface area contributed by atoms with E-state index < -0.39 is 0 Å². The van der Waals surface area contributed by atoms with Crippen molar-refractivity contribution in [2.24, 2.45) is 0 Å². The third kappa shape index (κ3) is 3.88. The summed E-state index contributed by atoms with van der Waals surface area (Å²) in [5.41, 5.74) is 1.87. The van der Waals surface area contributed by atoms with Crippen molar-refractivity contribution < 1.29 is 9.18 Å². The number of pyridine rings is 1. The fourth-order valence-corrected chi connectivity index (χ4v) is 4.56. The van der Waals surface area contributed by atoms with E-state index in [0.29, 0.717) is 13.0 Å². The second-order valence-electron chi connectivity index (χ2n) is 7.77. The smallest absolute Gasteiger partial charge is 0.222 e. The number of carbonyl (C=O) groups excluding carboxylic acids is 1. The fourth-order valence-electron chi connectivity index (χ4n) is 4.56. The Morgan fingerprint density at radius 1 is 1.15 bits per heavy atom. The maximum Gasteiger partial charge on any atom is 0.222 e. The second-order valence-corrected chi connectivity index (χ2v) is 7.77. The molecular weight excluding hydrogens is 341 g/mol. The summed E-state index contributed by atoms with van der Waals surface area (Å²) in [5.74, 6) is 0.0791. The van der Waals surface area contributed by atoms with Gasteiger partial charge in [-0.05, 0) is 49.9 Å². The minimum absolute atomic E-state index is 0.0201. The number of hydrogen-bond acceptors (Lipinski definition) is 3. The third-order valence-corrected chi connectivity index (χ3v) is 6.10. The number of amides is 1. The van der Waals surface area contributed by atoms with Crippen LogP contribution in [0.5, 0.6) is 0 Å². The van der Waals surface area contributed by atoms with Crippen molar-refractivity contribution in [3.63, 3.8) is 0 Å². The van der Waals surface area contributed by atoms with Crippen molar-refractivity contribution in [3.8, 4) is 0 Å². The van der Waals surface area contributed by atoms with Crippen LogP contribution in [0.15, 0.2) is 48.8 Å². The topological polar surface area (TPSA) is 36.4 Å². The van der Waals surface area contributed by atoms with Crippen LogP contribution < -0.4 is 0 Å². The lowest BCUT2D eigenvalue weighted by atomic mass is 9.94. The predicted molar refractivity (Wildman–Crippen MR) is 103 cm³/mol. The summed E-state index contributed by atoms with van der Waals surface area (Å²) in [6.45, 7) is 3.18. The summed E-state index contributed by atoms with van der Waals surface area (Å²) in [6, 6.07) is 10.9. The van der Waals surface area contributed by atoms with Gasteiger partial charge in [-0.15, -0.1) is 0 Å². The molecule has 27 heavy (non-hydrogen) atoms. The van der Waals surface area contributed by atoms with E-state index in [1.165, 1.54) is 6.07 Å². The highest BCUT2D eigenvalue weighted by Gasteiger charge is 2.46. The SMILES string of the molecule is O=C(CCc1cccnc1)N1CCC2(CCCN2Cc2ccccc2F)C1. The third-order valence-electron chi connectivity index (χ3n) is 6.10. The highest BCUT2D eigenvalue weighted by atomic mass is 19.1. The fraction of sp³-hybridized carbons (Fsp3) is 0.455. The van der Waals surface area contributed by atoms with Gasteiger partial charge in [0.2, 0.25) is 5.91 Å². The van der Waals surface area contributed by atoms with E-state index in [4.69, 9.17) is 0 Å². The predicted octanol–water partition coefficient (Wildman–Crippen LogP) is 3.42. The number of halogens is 1. The molecule has 0 saturated carbocycles. The van der Waals surface area contributed by atoms with Gasteiger partial charge in [0.1, 0.15) is 5.82 Å². The van der Waals surface area contributed by atoms with Crippen molar-refractivity contribution in [2.75, 3.05) is 19.6 Å². The Labute approximate surface area is 160 Å². The average Bonchev–Trinajstić information content (AvgIpc) is 3.30. The Hall–Kier alpha value is -2.27. The number of likely N-dealkylation sites (tertiary alicyclic amines) is 2. The van der Waals surface area contributed by atoms with E-state index in [-0.39, 0.29) is 17.3 Å².